The number of anilines is 2. The fraction of sp³-hybridized carbons (Fsp3) is 0.261. The quantitative estimate of drug-likeness (QED) is 0.265. The highest BCUT2D eigenvalue weighted by Crippen LogP contribution is 2.31. The smallest absolute Gasteiger partial charge is 0.416 e. The molecule has 0 aliphatic carbocycles. The monoisotopic (exact) mass is 549 g/mol. The van der Waals surface area contributed by atoms with Gasteiger partial charge in [0.05, 0.1) is 25.0 Å². The summed E-state index contributed by atoms with van der Waals surface area (Å²) in [6, 6.07) is 12.0. The van der Waals surface area contributed by atoms with E-state index in [0.29, 0.717) is 27.5 Å². The third-order valence-electron chi connectivity index (χ3n) is 5.02. The van der Waals surface area contributed by atoms with Crippen molar-refractivity contribution in [1.29, 1.82) is 0 Å². The number of aromatic nitrogens is 5. The molecule has 37 heavy (non-hydrogen) atoms. The molecule has 0 radical (unpaired) electrons. The van der Waals surface area contributed by atoms with Gasteiger partial charge in [-0.25, -0.2) is 0 Å². The van der Waals surface area contributed by atoms with Crippen molar-refractivity contribution in [3.63, 3.8) is 0 Å². The number of amides is 1. The minimum absolute atomic E-state index is 0.0381. The summed E-state index contributed by atoms with van der Waals surface area (Å²) in [5.41, 5.74) is 0.236. The van der Waals surface area contributed by atoms with E-state index in [4.69, 9.17) is 4.74 Å². The Labute approximate surface area is 218 Å². The van der Waals surface area contributed by atoms with Crippen molar-refractivity contribution in [2.75, 3.05) is 23.5 Å². The van der Waals surface area contributed by atoms with Gasteiger partial charge in [0.1, 0.15) is 10.8 Å². The Hall–Kier alpha value is -3.65. The summed E-state index contributed by atoms with van der Waals surface area (Å²) in [6.45, 7) is 2.05. The molecule has 0 unspecified atom stereocenters. The van der Waals surface area contributed by atoms with Crippen LogP contribution in [0.3, 0.4) is 0 Å². The maximum absolute atomic E-state index is 13.1. The number of nitrogens with one attached hydrogen (secondary N) is 2. The number of carbonyl (C=O) groups excluding carboxylic acids is 1. The molecule has 0 aliphatic rings. The molecule has 0 fully saturated rings. The van der Waals surface area contributed by atoms with E-state index < -0.39 is 11.7 Å². The van der Waals surface area contributed by atoms with Crippen LogP contribution in [0, 0.1) is 0 Å². The van der Waals surface area contributed by atoms with Gasteiger partial charge in [0.15, 0.2) is 11.0 Å². The van der Waals surface area contributed by atoms with Gasteiger partial charge in [0.2, 0.25) is 11.0 Å². The van der Waals surface area contributed by atoms with Gasteiger partial charge in [0, 0.05) is 11.4 Å². The molecule has 2 N–H and O–H groups in total. The van der Waals surface area contributed by atoms with Crippen molar-refractivity contribution in [1.82, 2.24) is 25.0 Å². The Morgan fingerprint density at radius 3 is 2.57 bits per heavy atom. The number of methoxy groups -OCH3 is 1. The summed E-state index contributed by atoms with van der Waals surface area (Å²) in [6.07, 6.45) is -3.72. The number of halogens is 3. The van der Waals surface area contributed by atoms with Crippen LogP contribution in [0.1, 0.15) is 23.3 Å². The molecule has 2 heterocycles. The lowest BCUT2D eigenvalue weighted by atomic mass is 10.2. The molecule has 0 bridgehead atoms. The van der Waals surface area contributed by atoms with Crippen LogP contribution in [0.4, 0.5) is 24.0 Å². The second-order valence-corrected chi connectivity index (χ2v) is 9.56. The molecule has 4 rings (SSSR count). The molecular formula is C23H22F3N7O2S2. The van der Waals surface area contributed by atoms with Crippen molar-refractivity contribution in [2.24, 2.45) is 0 Å². The molecule has 0 aliphatic heterocycles. The predicted molar refractivity (Wildman–Crippen MR) is 135 cm³/mol. The number of hydrogen-bond acceptors (Lipinski definition) is 9. The number of hydrogen-bond donors (Lipinski definition) is 2. The van der Waals surface area contributed by atoms with Gasteiger partial charge in [-0.05, 0) is 48.9 Å². The summed E-state index contributed by atoms with van der Waals surface area (Å²) in [4.78, 5) is 12.5. The zero-order valence-corrected chi connectivity index (χ0v) is 21.4. The van der Waals surface area contributed by atoms with Crippen molar-refractivity contribution in [2.45, 2.75) is 31.2 Å². The molecule has 14 heteroatoms. The lowest BCUT2D eigenvalue weighted by molar-refractivity contribution is -0.137. The van der Waals surface area contributed by atoms with Crippen LogP contribution in [0.15, 0.2) is 53.7 Å². The van der Waals surface area contributed by atoms with E-state index in [1.54, 1.807) is 42.0 Å². The van der Waals surface area contributed by atoms with Gasteiger partial charge < -0.3 is 10.1 Å². The Morgan fingerprint density at radius 1 is 1.11 bits per heavy atom. The van der Waals surface area contributed by atoms with Crippen LogP contribution in [-0.4, -0.2) is 43.7 Å². The van der Waals surface area contributed by atoms with E-state index in [1.165, 1.54) is 29.2 Å². The lowest BCUT2D eigenvalue weighted by Gasteiger charge is -2.13. The molecule has 0 atom stereocenters. The van der Waals surface area contributed by atoms with Crippen LogP contribution in [0.25, 0.3) is 5.69 Å². The maximum atomic E-state index is 13.1. The van der Waals surface area contributed by atoms with Gasteiger partial charge in [-0.15, -0.1) is 20.4 Å². The van der Waals surface area contributed by atoms with Crippen LogP contribution in [0.2, 0.25) is 0 Å². The second kappa shape index (κ2) is 11.6. The highest BCUT2D eigenvalue weighted by molar-refractivity contribution is 7.99. The largest absolute Gasteiger partial charge is 0.497 e. The first-order chi connectivity index (χ1) is 17.8. The number of carbonyl (C=O) groups is 1. The number of thioether (sulfide) groups is 1. The van der Waals surface area contributed by atoms with E-state index in [-0.39, 0.29) is 23.9 Å². The van der Waals surface area contributed by atoms with E-state index in [1.807, 2.05) is 6.92 Å². The normalized spacial score (nSPS) is 11.4. The molecule has 1 amide bonds. The molecule has 4 aromatic rings. The van der Waals surface area contributed by atoms with Crippen LogP contribution >= 0.6 is 23.1 Å². The third kappa shape index (κ3) is 6.77. The van der Waals surface area contributed by atoms with Crippen LogP contribution < -0.4 is 15.4 Å². The average Bonchev–Trinajstić information content (AvgIpc) is 3.52. The highest BCUT2D eigenvalue weighted by atomic mass is 32.2. The van der Waals surface area contributed by atoms with Gasteiger partial charge in [0.25, 0.3) is 0 Å². The number of aryl methyl sites for hydroxylation is 1. The molecule has 0 saturated heterocycles. The van der Waals surface area contributed by atoms with Crippen LogP contribution in [-0.2, 0) is 23.9 Å². The van der Waals surface area contributed by atoms with Crippen molar-refractivity contribution < 1.29 is 22.7 Å². The zero-order valence-electron chi connectivity index (χ0n) is 19.7. The van der Waals surface area contributed by atoms with Crippen LogP contribution in [0.5, 0.6) is 5.75 Å². The molecule has 194 valence electrons. The predicted octanol–water partition coefficient (Wildman–Crippen LogP) is 5.05. The topological polar surface area (TPSA) is 107 Å². The van der Waals surface area contributed by atoms with Crippen molar-refractivity contribution in [3.05, 3.63) is 64.9 Å². The first-order valence-corrected chi connectivity index (χ1v) is 12.8. The molecular weight excluding hydrogens is 527 g/mol. The standard InChI is InChI=1S/C23H22F3N7O2S2/c1-3-20-30-31-21(37-20)28-19(34)13-36-22-32-29-18(33(22)16-7-9-17(35-2)10-8-16)12-27-15-6-4-5-14(11-15)23(24,25)26/h4-11,27H,3,12-13H2,1-2H3,(H,28,31,34). The SMILES string of the molecule is CCc1nnc(NC(=O)CSc2nnc(CNc3cccc(C(F)(F)F)c3)n2-c2ccc(OC)cc2)s1. The minimum Gasteiger partial charge on any atom is -0.497 e. The number of nitrogens with zero attached hydrogens (tertiary/aromatic N) is 5. The Morgan fingerprint density at radius 2 is 1.89 bits per heavy atom. The highest BCUT2D eigenvalue weighted by Gasteiger charge is 2.30. The van der Waals surface area contributed by atoms with Crippen molar-refractivity contribution >= 4 is 39.8 Å². The summed E-state index contributed by atoms with van der Waals surface area (Å²) in [5.74, 6) is 0.854. The summed E-state index contributed by atoms with van der Waals surface area (Å²) in [5, 5.41) is 23.7. The molecule has 0 saturated carbocycles. The Bertz CT molecular complexity index is 1360. The number of benzene rings is 2. The Kier molecular flexibility index (Phi) is 8.28. The van der Waals surface area contributed by atoms with Gasteiger partial charge in [-0.1, -0.05) is 36.1 Å². The van der Waals surface area contributed by atoms with E-state index >= 15 is 0 Å². The molecule has 9 nitrogen and oxygen atoms in total. The number of alkyl halides is 3. The Balaban J connectivity index is 1.52. The number of ether oxygens (including phenoxy) is 1. The summed E-state index contributed by atoms with van der Waals surface area (Å²) >= 11 is 2.48. The first-order valence-electron chi connectivity index (χ1n) is 11.0. The van der Waals surface area contributed by atoms with Gasteiger partial charge in [-0.3, -0.25) is 14.7 Å². The zero-order chi connectivity index (χ0) is 26.4. The second-order valence-electron chi connectivity index (χ2n) is 7.56. The first kappa shape index (κ1) is 26.4. The van der Waals surface area contributed by atoms with E-state index in [9.17, 15) is 18.0 Å². The average molecular weight is 550 g/mol. The fourth-order valence-electron chi connectivity index (χ4n) is 3.22. The van der Waals surface area contributed by atoms with Gasteiger partial charge >= 0.3 is 6.18 Å². The molecule has 2 aromatic heterocycles. The lowest BCUT2D eigenvalue weighted by Crippen LogP contribution is -2.15. The minimum atomic E-state index is -4.45. The number of rotatable bonds is 10. The summed E-state index contributed by atoms with van der Waals surface area (Å²) < 4.78 is 46.2. The third-order valence-corrected chi connectivity index (χ3v) is 6.93. The summed E-state index contributed by atoms with van der Waals surface area (Å²) in [7, 11) is 1.56. The van der Waals surface area contributed by atoms with Crippen molar-refractivity contribution in [3.8, 4) is 11.4 Å². The van der Waals surface area contributed by atoms with E-state index in [2.05, 4.69) is 31.0 Å². The van der Waals surface area contributed by atoms with Gasteiger partial charge in [-0.2, -0.15) is 13.2 Å². The van der Waals surface area contributed by atoms with E-state index in [0.717, 1.165) is 23.6 Å². The maximum Gasteiger partial charge on any atom is 0.416 e. The molecule has 0 spiro atoms. The fourth-order valence-corrected chi connectivity index (χ4v) is 4.68. The molecule has 2 aromatic carbocycles.